The summed E-state index contributed by atoms with van der Waals surface area (Å²) in [5.74, 6) is 0. The molecule has 0 fully saturated rings. The second-order valence-corrected chi connectivity index (χ2v) is 14.7. The van der Waals surface area contributed by atoms with E-state index in [2.05, 4.69) is 168 Å². The molecule has 5 heteroatoms. The van der Waals surface area contributed by atoms with Gasteiger partial charge in [0, 0.05) is 60.4 Å². The van der Waals surface area contributed by atoms with E-state index in [4.69, 9.17) is 13.8 Å². The molecule has 57 heavy (non-hydrogen) atoms. The molecular weight excluding hydrogens is 699 g/mol. The smallest absolute Gasteiger partial charge is 0.145 e. The maximum atomic E-state index is 6.72. The highest BCUT2D eigenvalue weighted by Crippen LogP contribution is 2.44. The molecule has 0 saturated heterocycles. The van der Waals surface area contributed by atoms with Crippen molar-refractivity contribution in [1.82, 2.24) is 9.88 Å². The molecule has 0 radical (unpaired) electrons. The largest absolute Gasteiger partial charge is 0.455 e. The number of benzene rings is 8. The predicted octanol–water partition coefficient (Wildman–Crippen LogP) is 13.4. The van der Waals surface area contributed by atoms with Gasteiger partial charge >= 0.3 is 0 Å². The van der Waals surface area contributed by atoms with Crippen LogP contribution in [0.4, 0.5) is 0 Å². The molecule has 268 valence electrons. The number of aliphatic imine (C=N–C) groups is 1. The highest BCUT2D eigenvalue weighted by atomic mass is 16.3. The first-order chi connectivity index (χ1) is 28.2. The molecule has 1 N–H and O–H groups in total. The van der Waals surface area contributed by atoms with E-state index in [9.17, 15) is 0 Å². The van der Waals surface area contributed by atoms with Gasteiger partial charge in [0.1, 0.15) is 28.5 Å². The van der Waals surface area contributed by atoms with Gasteiger partial charge in [-0.25, -0.2) is 0 Å². The Bertz CT molecular complexity index is 3440. The molecule has 5 nitrogen and oxygen atoms in total. The molecular formula is C52H33N3O2. The quantitative estimate of drug-likeness (QED) is 0.192. The molecule has 0 spiro atoms. The monoisotopic (exact) mass is 731 g/mol. The molecule has 11 aromatic rings. The van der Waals surface area contributed by atoms with E-state index in [0.717, 1.165) is 99.8 Å². The van der Waals surface area contributed by atoms with Gasteiger partial charge in [0.25, 0.3) is 0 Å². The second-order valence-electron chi connectivity index (χ2n) is 14.7. The molecule has 1 unspecified atom stereocenters. The summed E-state index contributed by atoms with van der Waals surface area (Å²) in [7, 11) is 0. The molecule has 8 aromatic carbocycles. The standard InChI is InChI=1S/C52H33N3O2/c1-3-14-32(15-4-1)44-31-45(54-52(53-44)33-16-5-2-6-17-33)34-26-27-37-36-18-7-10-23-46(36)55(47(37)28-34)35-29-42-39-20-9-12-25-49(39)57-51(42)43(30-35)41-22-13-21-40-38-19-8-11-24-48(38)56-50(40)41/h1-31,52-53H. The van der Waals surface area contributed by atoms with Crippen molar-refractivity contribution in [2.45, 2.75) is 6.17 Å². The van der Waals surface area contributed by atoms with Crippen LogP contribution in [0.5, 0.6) is 0 Å². The summed E-state index contributed by atoms with van der Waals surface area (Å²) in [6.07, 6.45) is 1.95. The van der Waals surface area contributed by atoms with Crippen molar-refractivity contribution >= 4 is 77.1 Å². The van der Waals surface area contributed by atoms with Crippen molar-refractivity contribution in [3.8, 4) is 16.8 Å². The summed E-state index contributed by atoms with van der Waals surface area (Å²) in [5.41, 5.74) is 13.9. The van der Waals surface area contributed by atoms with Crippen molar-refractivity contribution in [3.05, 3.63) is 205 Å². The average Bonchev–Trinajstić information content (AvgIpc) is 3.96. The Balaban J connectivity index is 1.12. The van der Waals surface area contributed by atoms with Gasteiger partial charge in [0.2, 0.25) is 0 Å². The van der Waals surface area contributed by atoms with Gasteiger partial charge < -0.3 is 18.7 Å². The third-order valence-corrected chi connectivity index (χ3v) is 11.4. The first-order valence-corrected chi connectivity index (χ1v) is 19.3. The molecule has 0 saturated carbocycles. The van der Waals surface area contributed by atoms with Crippen LogP contribution >= 0.6 is 0 Å². The number of para-hydroxylation sites is 4. The number of nitrogens with zero attached hydrogens (tertiary/aromatic N) is 2. The van der Waals surface area contributed by atoms with Crippen LogP contribution in [-0.2, 0) is 0 Å². The minimum absolute atomic E-state index is 0.233. The van der Waals surface area contributed by atoms with Crippen LogP contribution in [0.1, 0.15) is 22.9 Å². The van der Waals surface area contributed by atoms with E-state index >= 15 is 0 Å². The number of hydrogen-bond donors (Lipinski definition) is 1. The van der Waals surface area contributed by atoms with Gasteiger partial charge in [-0.15, -0.1) is 0 Å². The van der Waals surface area contributed by atoms with Crippen LogP contribution in [0.2, 0.25) is 0 Å². The Hall–Kier alpha value is -7.63. The fourth-order valence-electron chi connectivity index (χ4n) is 8.78. The predicted molar refractivity (Wildman–Crippen MR) is 234 cm³/mol. The van der Waals surface area contributed by atoms with Crippen molar-refractivity contribution in [1.29, 1.82) is 0 Å². The van der Waals surface area contributed by atoms with Gasteiger partial charge in [0.15, 0.2) is 0 Å². The van der Waals surface area contributed by atoms with E-state index < -0.39 is 0 Å². The Morgan fingerprint density at radius 1 is 0.456 bits per heavy atom. The van der Waals surface area contributed by atoms with E-state index in [0.29, 0.717) is 0 Å². The molecule has 1 aliphatic heterocycles. The molecule has 3 aromatic heterocycles. The Labute approximate surface area is 327 Å². The van der Waals surface area contributed by atoms with Crippen molar-refractivity contribution in [2.24, 2.45) is 4.99 Å². The summed E-state index contributed by atoms with van der Waals surface area (Å²) >= 11 is 0. The van der Waals surface area contributed by atoms with E-state index in [1.807, 2.05) is 30.3 Å². The first kappa shape index (κ1) is 31.7. The third-order valence-electron chi connectivity index (χ3n) is 11.4. The van der Waals surface area contributed by atoms with Crippen LogP contribution in [0.25, 0.3) is 88.2 Å². The van der Waals surface area contributed by atoms with Crippen LogP contribution < -0.4 is 5.32 Å². The van der Waals surface area contributed by atoms with Gasteiger partial charge in [-0.3, -0.25) is 4.99 Å². The van der Waals surface area contributed by atoms with Gasteiger partial charge in [-0.1, -0.05) is 146 Å². The molecule has 12 rings (SSSR count). The highest BCUT2D eigenvalue weighted by molar-refractivity contribution is 6.18. The van der Waals surface area contributed by atoms with Crippen LogP contribution in [0, 0.1) is 0 Å². The maximum Gasteiger partial charge on any atom is 0.145 e. The number of aromatic nitrogens is 1. The zero-order valence-corrected chi connectivity index (χ0v) is 30.7. The minimum Gasteiger partial charge on any atom is -0.455 e. The first-order valence-electron chi connectivity index (χ1n) is 19.3. The normalized spacial score (nSPS) is 14.5. The lowest BCUT2D eigenvalue weighted by atomic mass is 9.98. The Morgan fingerprint density at radius 2 is 1.09 bits per heavy atom. The number of allylic oxidation sites excluding steroid dienone is 1. The lowest BCUT2D eigenvalue weighted by Gasteiger charge is -2.25. The Kier molecular flexibility index (Phi) is 6.92. The lowest BCUT2D eigenvalue weighted by molar-refractivity contribution is 0.664. The lowest BCUT2D eigenvalue weighted by Crippen LogP contribution is -2.24. The fraction of sp³-hybridized carbons (Fsp3) is 0.0192. The second kappa shape index (κ2) is 12.4. The summed E-state index contributed by atoms with van der Waals surface area (Å²) < 4.78 is 15.7. The number of fused-ring (bicyclic) bond motifs is 9. The summed E-state index contributed by atoms with van der Waals surface area (Å²) in [6.45, 7) is 0. The molecule has 0 bridgehead atoms. The number of rotatable bonds is 5. The zero-order chi connectivity index (χ0) is 37.5. The summed E-state index contributed by atoms with van der Waals surface area (Å²) in [5, 5.41) is 10.4. The van der Waals surface area contributed by atoms with Crippen LogP contribution in [-0.4, -0.2) is 10.3 Å². The molecule has 0 aliphatic carbocycles. The number of furan rings is 2. The number of nitrogens with one attached hydrogen (secondary N) is 1. The third kappa shape index (κ3) is 4.99. The minimum atomic E-state index is -0.233. The average molecular weight is 732 g/mol. The molecule has 1 aliphatic rings. The fourth-order valence-corrected chi connectivity index (χ4v) is 8.78. The van der Waals surface area contributed by atoms with Crippen molar-refractivity contribution in [2.75, 3.05) is 0 Å². The number of hydrogen-bond acceptors (Lipinski definition) is 4. The van der Waals surface area contributed by atoms with E-state index in [-0.39, 0.29) is 6.17 Å². The van der Waals surface area contributed by atoms with Gasteiger partial charge in [-0.05, 0) is 53.6 Å². The maximum absolute atomic E-state index is 6.72. The highest BCUT2D eigenvalue weighted by Gasteiger charge is 2.23. The topological polar surface area (TPSA) is 55.6 Å². The summed E-state index contributed by atoms with van der Waals surface area (Å²) in [6, 6.07) is 63.9. The van der Waals surface area contributed by atoms with Crippen molar-refractivity contribution < 1.29 is 8.83 Å². The SMILES string of the molecule is C1=C(c2ccccc2)NC(c2ccccc2)N=C1c1ccc2c3ccccc3n(-c3cc(-c4cccc5c4oc4ccccc45)c4oc5ccccc5c4c3)c2c1. The molecule has 1 atom stereocenters. The Morgan fingerprint density at radius 3 is 1.88 bits per heavy atom. The van der Waals surface area contributed by atoms with E-state index in [1.165, 1.54) is 10.8 Å². The van der Waals surface area contributed by atoms with E-state index in [1.54, 1.807) is 0 Å². The van der Waals surface area contributed by atoms with Crippen LogP contribution in [0.15, 0.2) is 202 Å². The summed E-state index contributed by atoms with van der Waals surface area (Å²) in [4.78, 5) is 5.33. The molecule has 4 heterocycles. The van der Waals surface area contributed by atoms with Gasteiger partial charge in [-0.2, -0.15) is 0 Å². The van der Waals surface area contributed by atoms with Crippen molar-refractivity contribution in [3.63, 3.8) is 0 Å². The molecule has 0 amide bonds. The van der Waals surface area contributed by atoms with Gasteiger partial charge in [0.05, 0.1) is 16.7 Å². The zero-order valence-electron chi connectivity index (χ0n) is 30.7. The van der Waals surface area contributed by atoms with Crippen LogP contribution in [0.3, 0.4) is 0 Å².